The van der Waals surface area contributed by atoms with E-state index in [1.807, 2.05) is 0 Å². The van der Waals surface area contributed by atoms with Crippen LogP contribution in [0.1, 0.15) is 97.0 Å². The van der Waals surface area contributed by atoms with Gasteiger partial charge in [0.25, 0.3) is 0 Å². The molecule has 298 valence electrons. The Morgan fingerprint density at radius 2 is 1.16 bits per heavy atom. The van der Waals surface area contributed by atoms with Gasteiger partial charge in [0, 0.05) is 28.0 Å². The van der Waals surface area contributed by atoms with Gasteiger partial charge in [-0.1, -0.05) is 204 Å². The van der Waals surface area contributed by atoms with Crippen molar-refractivity contribution in [2.45, 2.75) is 69.7 Å². The Hall–Kier alpha value is -6.51. The average Bonchev–Trinajstić information content (AvgIpc) is 3.72. The van der Waals surface area contributed by atoms with Crippen molar-refractivity contribution in [2.75, 3.05) is 0 Å². The van der Waals surface area contributed by atoms with Gasteiger partial charge in [-0.25, -0.2) is 0 Å². The summed E-state index contributed by atoms with van der Waals surface area (Å²) >= 11 is 0. The molecular weight excluding hydrogens is 739 g/mol. The topological polar surface area (TPSA) is 21.6 Å². The standard InChI is InChI=1S/C59H51NO/c1-38(41-17-7-6-8-18-41)39(2)56(60-37-40-27-32-47-44-19-9-12-22-48(44)57(3,4)52(47)35-40)42-28-30-43(31-29-42)58(5)34-33-55-53(36-58)59(51-25-15-16-26-54(51)61-55)49-23-13-10-20-45(49)46-21-11-14-24-50(46)59/h6-35,38-39H,36-37H2,1-5H3/b60-56+. The minimum absolute atomic E-state index is 0.0444. The number of para-hydroxylation sites is 1. The summed E-state index contributed by atoms with van der Waals surface area (Å²) in [7, 11) is 0. The van der Waals surface area contributed by atoms with Crippen molar-refractivity contribution in [3.63, 3.8) is 0 Å². The van der Waals surface area contributed by atoms with Gasteiger partial charge in [0.05, 0.1) is 12.0 Å². The maximum Gasteiger partial charge on any atom is 0.132 e. The monoisotopic (exact) mass is 789 g/mol. The molecule has 7 aromatic rings. The number of hydrogen-bond donors (Lipinski definition) is 0. The summed E-state index contributed by atoms with van der Waals surface area (Å²) in [5.41, 5.74) is 18.8. The number of fused-ring (bicyclic) bond motifs is 11. The predicted molar refractivity (Wildman–Crippen MR) is 252 cm³/mol. The lowest BCUT2D eigenvalue weighted by Crippen LogP contribution is -2.39. The van der Waals surface area contributed by atoms with Crippen LogP contribution in [0.25, 0.3) is 22.3 Å². The summed E-state index contributed by atoms with van der Waals surface area (Å²) in [6, 6.07) is 62.8. The van der Waals surface area contributed by atoms with E-state index in [2.05, 4.69) is 217 Å². The molecule has 1 heterocycles. The highest BCUT2D eigenvalue weighted by Crippen LogP contribution is 2.63. The normalized spacial score (nSPS) is 19.5. The Morgan fingerprint density at radius 1 is 0.590 bits per heavy atom. The Labute approximate surface area is 361 Å². The number of hydrogen-bond acceptors (Lipinski definition) is 2. The molecule has 3 aliphatic carbocycles. The summed E-state index contributed by atoms with van der Waals surface area (Å²) in [6.07, 6.45) is 5.45. The van der Waals surface area contributed by atoms with Crippen LogP contribution in [0.4, 0.5) is 0 Å². The van der Waals surface area contributed by atoms with Crippen molar-refractivity contribution >= 4 is 5.71 Å². The molecule has 3 unspecified atom stereocenters. The minimum atomic E-state index is -0.443. The van der Waals surface area contributed by atoms with Gasteiger partial charge in [0.2, 0.25) is 0 Å². The third-order valence-electron chi connectivity index (χ3n) is 14.8. The molecule has 0 aromatic heterocycles. The lowest BCUT2D eigenvalue weighted by molar-refractivity contribution is 0.372. The van der Waals surface area contributed by atoms with Crippen LogP contribution in [0.15, 0.2) is 198 Å². The van der Waals surface area contributed by atoms with Crippen molar-refractivity contribution in [2.24, 2.45) is 10.9 Å². The first-order valence-electron chi connectivity index (χ1n) is 22.0. The Balaban J connectivity index is 0.962. The summed E-state index contributed by atoms with van der Waals surface area (Å²) in [4.78, 5) is 5.54. The highest BCUT2D eigenvalue weighted by Gasteiger charge is 2.53. The number of ether oxygens (including phenoxy) is 1. The van der Waals surface area contributed by atoms with Gasteiger partial charge in [-0.2, -0.15) is 0 Å². The van der Waals surface area contributed by atoms with E-state index in [1.165, 1.54) is 77.9 Å². The Bertz CT molecular complexity index is 2920. The average molecular weight is 790 g/mol. The zero-order chi connectivity index (χ0) is 41.5. The van der Waals surface area contributed by atoms with E-state index < -0.39 is 5.41 Å². The van der Waals surface area contributed by atoms with Gasteiger partial charge < -0.3 is 4.74 Å². The number of allylic oxidation sites excluding steroid dienone is 3. The fraction of sp³-hybridized carbons (Fsp3) is 0.203. The fourth-order valence-corrected chi connectivity index (χ4v) is 11.3. The van der Waals surface area contributed by atoms with Crippen LogP contribution in [0.5, 0.6) is 5.75 Å². The van der Waals surface area contributed by atoms with Crippen molar-refractivity contribution in [3.05, 3.63) is 243 Å². The second-order valence-electron chi connectivity index (χ2n) is 18.5. The zero-order valence-corrected chi connectivity index (χ0v) is 35.7. The molecule has 0 bridgehead atoms. The van der Waals surface area contributed by atoms with Gasteiger partial charge in [-0.15, -0.1) is 0 Å². The maximum atomic E-state index is 6.81. The Kier molecular flexibility index (Phi) is 8.62. The lowest BCUT2D eigenvalue weighted by Gasteiger charge is -2.45. The van der Waals surface area contributed by atoms with E-state index in [9.17, 15) is 0 Å². The van der Waals surface area contributed by atoms with Gasteiger partial charge in [0.1, 0.15) is 11.5 Å². The van der Waals surface area contributed by atoms with Crippen LogP contribution < -0.4 is 4.74 Å². The molecule has 0 saturated heterocycles. The largest absolute Gasteiger partial charge is 0.457 e. The van der Waals surface area contributed by atoms with E-state index in [-0.39, 0.29) is 16.7 Å². The molecule has 0 amide bonds. The highest BCUT2D eigenvalue weighted by atomic mass is 16.5. The summed E-state index contributed by atoms with van der Waals surface area (Å²) in [5.74, 6) is 2.39. The highest BCUT2D eigenvalue weighted by molar-refractivity contribution is 6.02. The molecule has 0 N–H and O–H groups in total. The molecule has 2 nitrogen and oxygen atoms in total. The Morgan fingerprint density at radius 3 is 1.85 bits per heavy atom. The van der Waals surface area contributed by atoms with Crippen molar-refractivity contribution < 1.29 is 4.74 Å². The third-order valence-corrected chi connectivity index (χ3v) is 14.8. The van der Waals surface area contributed by atoms with Crippen LogP contribution in [0.3, 0.4) is 0 Å². The molecule has 1 spiro atoms. The van der Waals surface area contributed by atoms with Crippen molar-refractivity contribution in [3.8, 4) is 28.0 Å². The molecule has 11 rings (SSSR count). The number of benzene rings is 7. The van der Waals surface area contributed by atoms with Crippen LogP contribution in [0, 0.1) is 5.92 Å². The number of aliphatic imine (C=N–C) groups is 1. The lowest BCUT2D eigenvalue weighted by atomic mass is 9.60. The SMILES string of the molecule is CC(/C(=N\Cc1ccc2c(c1)C(C)(C)c1ccccc1-2)c1ccc(C2(C)C=CC3=C(C2)C2(c4ccccc4O3)c3ccccc3-c3ccccc32)cc1)C(C)c1ccccc1. The molecule has 1 aliphatic heterocycles. The number of nitrogens with zero attached hydrogens (tertiary/aromatic N) is 1. The van der Waals surface area contributed by atoms with Crippen LogP contribution >= 0.6 is 0 Å². The molecule has 4 aliphatic rings. The third kappa shape index (κ3) is 5.65. The van der Waals surface area contributed by atoms with Gasteiger partial charge in [-0.3, -0.25) is 4.99 Å². The van der Waals surface area contributed by atoms with Crippen LogP contribution in [0.2, 0.25) is 0 Å². The second-order valence-corrected chi connectivity index (χ2v) is 18.5. The quantitative estimate of drug-likeness (QED) is 0.147. The van der Waals surface area contributed by atoms with Crippen LogP contribution in [-0.4, -0.2) is 5.71 Å². The minimum Gasteiger partial charge on any atom is -0.457 e. The molecule has 0 fully saturated rings. The smallest absolute Gasteiger partial charge is 0.132 e. The molecule has 0 radical (unpaired) electrons. The number of rotatable bonds is 7. The molecule has 7 aromatic carbocycles. The maximum absolute atomic E-state index is 6.81. The van der Waals surface area contributed by atoms with E-state index in [0.29, 0.717) is 12.5 Å². The first-order valence-corrected chi connectivity index (χ1v) is 22.0. The molecule has 3 atom stereocenters. The van der Waals surface area contributed by atoms with E-state index in [1.54, 1.807) is 0 Å². The van der Waals surface area contributed by atoms with E-state index >= 15 is 0 Å². The van der Waals surface area contributed by atoms with Gasteiger partial charge >= 0.3 is 0 Å². The van der Waals surface area contributed by atoms with Gasteiger partial charge in [0.15, 0.2) is 0 Å². The molecular formula is C59H51NO. The fourth-order valence-electron chi connectivity index (χ4n) is 11.3. The molecule has 2 heteroatoms. The van der Waals surface area contributed by atoms with E-state index in [4.69, 9.17) is 9.73 Å². The summed E-state index contributed by atoms with van der Waals surface area (Å²) < 4.78 is 6.81. The zero-order valence-electron chi connectivity index (χ0n) is 35.7. The first-order chi connectivity index (χ1) is 29.7. The van der Waals surface area contributed by atoms with Crippen molar-refractivity contribution in [1.82, 2.24) is 0 Å². The molecule has 61 heavy (non-hydrogen) atoms. The predicted octanol–water partition coefficient (Wildman–Crippen LogP) is 14.3. The summed E-state index contributed by atoms with van der Waals surface area (Å²) in [6.45, 7) is 12.4. The van der Waals surface area contributed by atoms with Crippen LogP contribution in [-0.2, 0) is 22.8 Å². The van der Waals surface area contributed by atoms with E-state index in [0.717, 1.165) is 23.6 Å². The summed E-state index contributed by atoms with van der Waals surface area (Å²) in [5, 5.41) is 0. The first kappa shape index (κ1) is 37.5. The van der Waals surface area contributed by atoms with Crippen molar-refractivity contribution in [1.29, 1.82) is 0 Å². The molecule has 0 saturated carbocycles. The second kappa shape index (κ2) is 14.0. The van der Waals surface area contributed by atoms with Gasteiger partial charge in [-0.05, 0) is 96.8 Å².